The topological polar surface area (TPSA) is 15.3 Å². The summed E-state index contributed by atoms with van der Waals surface area (Å²) in [6.45, 7) is 15.3. The Hall–Kier alpha value is -0.340. The van der Waals surface area contributed by atoms with Crippen molar-refractivity contribution in [3.8, 4) is 0 Å². The Morgan fingerprint density at radius 3 is 2.00 bits per heavy atom. The molecular weight excluding hydrogens is 208 g/mol. The van der Waals surface area contributed by atoms with Crippen molar-refractivity contribution in [3.63, 3.8) is 0 Å². The summed E-state index contributed by atoms with van der Waals surface area (Å²) in [6, 6.07) is 0.551. The van der Waals surface area contributed by atoms with Gasteiger partial charge in [-0.05, 0) is 45.8 Å². The van der Waals surface area contributed by atoms with E-state index >= 15 is 0 Å². The molecule has 1 N–H and O–H groups in total. The van der Waals surface area contributed by atoms with Crippen LogP contribution in [0.2, 0.25) is 0 Å². The summed E-state index contributed by atoms with van der Waals surface area (Å²) in [5, 5.41) is 3.54. The first-order valence-electron chi connectivity index (χ1n) is 7.19. The van der Waals surface area contributed by atoms with Crippen LogP contribution in [0.25, 0.3) is 0 Å². The van der Waals surface area contributed by atoms with Gasteiger partial charge in [0.25, 0.3) is 0 Å². The van der Waals surface area contributed by atoms with Crippen LogP contribution in [0.4, 0.5) is 0 Å². The quantitative estimate of drug-likeness (QED) is 0.588. The smallest absolute Gasteiger partial charge is 0.0357 e. The lowest BCUT2D eigenvalue weighted by Crippen LogP contribution is -2.60. The van der Waals surface area contributed by atoms with Crippen LogP contribution in [0.15, 0.2) is 12.7 Å². The standard InChI is InChI=1S/C15H32N2/c1-7-12-13-14(16-6)15(8-2,9-3)17(10-4)11-5/h7,14,16H,1,8-13H2,2-6H3. The zero-order valence-corrected chi connectivity index (χ0v) is 12.6. The average molecular weight is 240 g/mol. The summed E-state index contributed by atoms with van der Waals surface area (Å²) in [5.74, 6) is 0. The van der Waals surface area contributed by atoms with Gasteiger partial charge in [-0.3, -0.25) is 4.90 Å². The Balaban J connectivity index is 5.03. The number of likely N-dealkylation sites (N-methyl/N-ethyl adjacent to an activating group) is 2. The van der Waals surface area contributed by atoms with Gasteiger partial charge in [0.1, 0.15) is 0 Å². The van der Waals surface area contributed by atoms with Crippen LogP contribution in [0.1, 0.15) is 53.4 Å². The molecule has 0 bridgehead atoms. The SMILES string of the molecule is C=CCCC(NC)C(CC)(CC)N(CC)CC. The highest BCUT2D eigenvalue weighted by molar-refractivity contribution is 4.98. The van der Waals surface area contributed by atoms with E-state index < -0.39 is 0 Å². The molecule has 17 heavy (non-hydrogen) atoms. The van der Waals surface area contributed by atoms with Crippen molar-refractivity contribution in [2.45, 2.75) is 65.0 Å². The summed E-state index contributed by atoms with van der Waals surface area (Å²) < 4.78 is 0. The minimum absolute atomic E-state index is 0.293. The van der Waals surface area contributed by atoms with Gasteiger partial charge < -0.3 is 5.32 Å². The van der Waals surface area contributed by atoms with Gasteiger partial charge in [-0.2, -0.15) is 0 Å². The van der Waals surface area contributed by atoms with Crippen LogP contribution >= 0.6 is 0 Å². The molecule has 1 unspecified atom stereocenters. The molecule has 0 aliphatic carbocycles. The van der Waals surface area contributed by atoms with Crippen LogP contribution in [-0.4, -0.2) is 36.6 Å². The molecule has 2 heteroatoms. The number of allylic oxidation sites excluding steroid dienone is 1. The molecule has 0 fully saturated rings. The normalized spacial score (nSPS) is 14.0. The molecule has 0 amide bonds. The molecule has 0 saturated carbocycles. The first-order valence-corrected chi connectivity index (χ1v) is 7.19. The third-order valence-electron chi connectivity index (χ3n) is 4.27. The van der Waals surface area contributed by atoms with Crippen molar-refractivity contribution in [2.24, 2.45) is 0 Å². The van der Waals surface area contributed by atoms with Crippen LogP contribution < -0.4 is 5.32 Å². The Kier molecular flexibility index (Phi) is 8.53. The maximum absolute atomic E-state index is 3.84. The zero-order valence-electron chi connectivity index (χ0n) is 12.6. The number of hydrogen-bond acceptors (Lipinski definition) is 2. The Bertz CT molecular complexity index is 193. The fourth-order valence-corrected chi connectivity index (χ4v) is 3.23. The minimum Gasteiger partial charge on any atom is -0.315 e. The maximum atomic E-state index is 3.84. The lowest BCUT2D eigenvalue weighted by molar-refractivity contribution is 0.0492. The van der Waals surface area contributed by atoms with Crippen LogP contribution in [0.5, 0.6) is 0 Å². The van der Waals surface area contributed by atoms with Gasteiger partial charge in [-0.25, -0.2) is 0 Å². The molecule has 0 aliphatic rings. The molecular formula is C15H32N2. The van der Waals surface area contributed by atoms with E-state index in [2.05, 4.69) is 51.5 Å². The van der Waals surface area contributed by atoms with Crippen molar-refractivity contribution in [1.82, 2.24) is 10.2 Å². The van der Waals surface area contributed by atoms with E-state index in [1.807, 2.05) is 6.08 Å². The van der Waals surface area contributed by atoms with E-state index in [0.717, 1.165) is 19.5 Å². The zero-order chi connectivity index (χ0) is 13.3. The second kappa shape index (κ2) is 8.71. The van der Waals surface area contributed by atoms with E-state index in [0.29, 0.717) is 11.6 Å². The van der Waals surface area contributed by atoms with Gasteiger partial charge in [0.05, 0.1) is 0 Å². The molecule has 0 rings (SSSR count). The lowest BCUT2D eigenvalue weighted by Gasteiger charge is -2.48. The van der Waals surface area contributed by atoms with Gasteiger partial charge in [0.15, 0.2) is 0 Å². The van der Waals surface area contributed by atoms with Crippen LogP contribution in [0.3, 0.4) is 0 Å². The predicted octanol–water partition coefficient (Wildman–Crippen LogP) is 3.44. The van der Waals surface area contributed by atoms with Crippen molar-refractivity contribution in [1.29, 1.82) is 0 Å². The summed E-state index contributed by atoms with van der Waals surface area (Å²) in [5.41, 5.74) is 0.293. The van der Waals surface area contributed by atoms with Crippen molar-refractivity contribution >= 4 is 0 Å². The van der Waals surface area contributed by atoms with Crippen LogP contribution in [-0.2, 0) is 0 Å². The largest absolute Gasteiger partial charge is 0.315 e. The second-order valence-corrected chi connectivity index (χ2v) is 4.69. The predicted molar refractivity (Wildman–Crippen MR) is 78.5 cm³/mol. The van der Waals surface area contributed by atoms with E-state index in [4.69, 9.17) is 0 Å². The highest BCUT2D eigenvalue weighted by Crippen LogP contribution is 2.30. The fourth-order valence-electron chi connectivity index (χ4n) is 3.23. The number of hydrogen-bond donors (Lipinski definition) is 1. The molecule has 0 heterocycles. The molecule has 0 aromatic heterocycles. The molecule has 0 radical (unpaired) electrons. The molecule has 0 saturated heterocycles. The molecule has 0 aliphatic heterocycles. The fraction of sp³-hybridized carbons (Fsp3) is 0.867. The van der Waals surface area contributed by atoms with Gasteiger partial charge in [0.2, 0.25) is 0 Å². The van der Waals surface area contributed by atoms with Crippen LogP contribution in [0, 0.1) is 0 Å². The van der Waals surface area contributed by atoms with Gasteiger partial charge >= 0.3 is 0 Å². The summed E-state index contributed by atoms with van der Waals surface area (Å²) in [7, 11) is 2.09. The highest BCUT2D eigenvalue weighted by atomic mass is 15.2. The molecule has 0 aromatic carbocycles. The summed E-state index contributed by atoms with van der Waals surface area (Å²) in [6.07, 6.45) is 6.71. The molecule has 2 nitrogen and oxygen atoms in total. The molecule has 1 atom stereocenters. The van der Waals surface area contributed by atoms with E-state index in [1.54, 1.807) is 0 Å². The van der Waals surface area contributed by atoms with Gasteiger partial charge in [-0.15, -0.1) is 6.58 Å². The van der Waals surface area contributed by atoms with Crippen molar-refractivity contribution < 1.29 is 0 Å². The first kappa shape index (κ1) is 16.7. The highest BCUT2D eigenvalue weighted by Gasteiger charge is 2.38. The minimum atomic E-state index is 0.293. The average Bonchev–Trinajstić information content (AvgIpc) is 2.38. The van der Waals surface area contributed by atoms with E-state index in [1.165, 1.54) is 19.3 Å². The number of nitrogens with one attached hydrogen (secondary N) is 1. The molecule has 0 aromatic rings. The van der Waals surface area contributed by atoms with Crippen molar-refractivity contribution in [3.05, 3.63) is 12.7 Å². The Morgan fingerprint density at radius 2 is 1.71 bits per heavy atom. The first-order chi connectivity index (χ1) is 8.16. The third kappa shape index (κ3) is 3.82. The van der Waals surface area contributed by atoms with Crippen molar-refractivity contribution in [2.75, 3.05) is 20.1 Å². The molecule has 102 valence electrons. The van der Waals surface area contributed by atoms with E-state index in [9.17, 15) is 0 Å². The molecule has 0 spiro atoms. The number of rotatable bonds is 10. The monoisotopic (exact) mass is 240 g/mol. The third-order valence-corrected chi connectivity index (χ3v) is 4.27. The Labute approximate surface area is 108 Å². The maximum Gasteiger partial charge on any atom is 0.0357 e. The Morgan fingerprint density at radius 1 is 1.18 bits per heavy atom. The van der Waals surface area contributed by atoms with Gasteiger partial charge in [-0.1, -0.05) is 33.8 Å². The lowest BCUT2D eigenvalue weighted by atomic mass is 9.80. The number of nitrogens with zero attached hydrogens (tertiary/aromatic N) is 1. The summed E-state index contributed by atoms with van der Waals surface area (Å²) >= 11 is 0. The van der Waals surface area contributed by atoms with E-state index in [-0.39, 0.29) is 0 Å². The second-order valence-electron chi connectivity index (χ2n) is 4.69. The summed E-state index contributed by atoms with van der Waals surface area (Å²) in [4.78, 5) is 2.62. The van der Waals surface area contributed by atoms with Gasteiger partial charge in [0, 0.05) is 11.6 Å².